The lowest BCUT2D eigenvalue weighted by Gasteiger charge is -2.37. The van der Waals surface area contributed by atoms with E-state index in [1.165, 1.54) is 0 Å². The van der Waals surface area contributed by atoms with E-state index in [4.69, 9.17) is 4.74 Å². The van der Waals surface area contributed by atoms with Crippen LogP contribution in [0, 0.1) is 12.8 Å². The van der Waals surface area contributed by atoms with Crippen LogP contribution in [0.4, 0.5) is 0 Å². The molecule has 2 aromatic rings. The molecule has 1 aliphatic heterocycles. The molecule has 1 aliphatic rings. The molecule has 2 aromatic carbocycles. The first-order valence-electron chi connectivity index (χ1n) is 12.0. The van der Waals surface area contributed by atoms with Gasteiger partial charge < -0.3 is 19.9 Å². The summed E-state index contributed by atoms with van der Waals surface area (Å²) in [5, 5.41) is 3.00. The molecule has 7 heteroatoms. The summed E-state index contributed by atoms with van der Waals surface area (Å²) in [6.07, 6.45) is 1.29. The number of aryl methyl sites for hydroxylation is 1. The van der Waals surface area contributed by atoms with Crippen LogP contribution in [-0.4, -0.2) is 66.9 Å². The van der Waals surface area contributed by atoms with Crippen molar-refractivity contribution in [2.45, 2.75) is 39.7 Å². The van der Waals surface area contributed by atoms with Crippen molar-refractivity contribution in [3.63, 3.8) is 0 Å². The Morgan fingerprint density at radius 1 is 1.03 bits per heavy atom. The number of benzene rings is 2. The number of hydrogen-bond acceptors (Lipinski definition) is 4. The average molecular weight is 466 g/mol. The number of rotatable bonds is 8. The molecule has 34 heavy (non-hydrogen) atoms. The number of likely N-dealkylation sites (N-methyl/N-ethyl adjacent to an activating group) is 1. The molecule has 1 N–H and O–H groups in total. The molecule has 3 rings (SSSR count). The molecule has 1 heterocycles. The van der Waals surface area contributed by atoms with Crippen LogP contribution in [-0.2, 0) is 4.79 Å². The fraction of sp³-hybridized carbons (Fsp3) is 0.444. The van der Waals surface area contributed by atoms with E-state index in [9.17, 15) is 14.4 Å². The number of methoxy groups -OCH3 is 1. The summed E-state index contributed by atoms with van der Waals surface area (Å²) >= 11 is 0. The van der Waals surface area contributed by atoms with E-state index in [1.807, 2.05) is 49.9 Å². The minimum absolute atomic E-state index is 0.00851. The van der Waals surface area contributed by atoms with Crippen molar-refractivity contribution in [2.24, 2.45) is 5.92 Å². The van der Waals surface area contributed by atoms with E-state index < -0.39 is 6.04 Å². The molecule has 0 aliphatic carbocycles. The molecule has 0 saturated carbocycles. The van der Waals surface area contributed by atoms with Crippen LogP contribution in [0.1, 0.15) is 53.0 Å². The highest BCUT2D eigenvalue weighted by Gasteiger charge is 2.35. The number of ether oxygens (including phenoxy) is 1. The summed E-state index contributed by atoms with van der Waals surface area (Å²) in [6, 6.07) is 13.9. The predicted molar refractivity (Wildman–Crippen MR) is 132 cm³/mol. The third kappa shape index (κ3) is 5.95. The predicted octanol–water partition coefficient (Wildman–Crippen LogP) is 3.52. The Morgan fingerprint density at radius 3 is 2.29 bits per heavy atom. The Labute approximate surface area is 202 Å². The SMILES string of the molecule is CCN(CC)C(=O)C(NC(=O)c1cccc(OC)c1)C1CCN(C(=O)c2cccc(C)c2)CC1. The van der Waals surface area contributed by atoms with Gasteiger partial charge >= 0.3 is 0 Å². The van der Waals surface area contributed by atoms with Gasteiger partial charge in [0, 0.05) is 37.3 Å². The molecule has 0 bridgehead atoms. The van der Waals surface area contributed by atoms with E-state index in [1.54, 1.807) is 36.3 Å². The summed E-state index contributed by atoms with van der Waals surface area (Å²) in [5.41, 5.74) is 2.18. The van der Waals surface area contributed by atoms with E-state index in [2.05, 4.69) is 5.32 Å². The molecule has 1 unspecified atom stereocenters. The van der Waals surface area contributed by atoms with Gasteiger partial charge in [-0.15, -0.1) is 0 Å². The van der Waals surface area contributed by atoms with Crippen LogP contribution in [0.15, 0.2) is 48.5 Å². The van der Waals surface area contributed by atoms with Crippen molar-refractivity contribution in [1.29, 1.82) is 0 Å². The highest BCUT2D eigenvalue weighted by atomic mass is 16.5. The van der Waals surface area contributed by atoms with Crippen molar-refractivity contribution in [3.05, 3.63) is 65.2 Å². The fourth-order valence-corrected chi connectivity index (χ4v) is 4.50. The number of amides is 3. The summed E-state index contributed by atoms with van der Waals surface area (Å²) < 4.78 is 5.23. The van der Waals surface area contributed by atoms with E-state index in [-0.39, 0.29) is 23.6 Å². The van der Waals surface area contributed by atoms with Gasteiger partial charge in [0.2, 0.25) is 5.91 Å². The zero-order chi connectivity index (χ0) is 24.7. The maximum Gasteiger partial charge on any atom is 0.253 e. The maximum absolute atomic E-state index is 13.4. The van der Waals surface area contributed by atoms with Crippen LogP contribution < -0.4 is 10.1 Å². The molecule has 0 spiro atoms. The van der Waals surface area contributed by atoms with E-state index in [0.29, 0.717) is 55.9 Å². The molecular weight excluding hydrogens is 430 g/mol. The van der Waals surface area contributed by atoms with E-state index >= 15 is 0 Å². The molecule has 1 fully saturated rings. The van der Waals surface area contributed by atoms with Gasteiger partial charge in [-0.05, 0) is 69.9 Å². The number of nitrogens with zero attached hydrogens (tertiary/aromatic N) is 2. The number of carbonyl (C=O) groups is 3. The van der Waals surface area contributed by atoms with E-state index in [0.717, 1.165) is 5.56 Å². The van der Waals surface area contributed by atoms with Gasteiger partial charge in [-0.2, -0.15) is 0 Å². The van der Waals surface area contributed by atoms with Crippen molar-refractivity contribution in [2.75, 3.05) is 33.3 Å². The summed E-state index contributed by atoms with van der Waals surface area (Å²) in [5.74, 6) is 0.160. The topological polar surface area (TPSA) is 79.0 Å². The fourth-order valence-electron chi connectivity index (χ4n) is 4.50. The number of piperidine rings is 1. The standard InChI is InChI=1S/C27H35N3O4/c1-5-29(6-2)27(33)24(28-25(31)21-10-8-12-23(18-21)34-4)20-13-15-30(16-14-20)26(32)22-11-7-9-19(3)17-22/h7-12,17-18,20,24H,5-6,13-16H2,1-4H3,(H,28,31). The third-order valence-electron chi connectivity index (χ3n) is 6.52. The number of likely N-dealkylation sites (tertiary alicyclic amines) is 1. The zero-order valence-electron chi connectivity index (χ0n) is 20.5. The smallest absolute Gasteiger partial charge is 0.253 e. The lowest BCUT2D eigenvalue weighted by molar-refractivity contribution is -0.134. The second kappa shape index (κ2) is 11.7. The number of nitrogens with one attached hydrogen (secondary N) is 1. The Hall–Kier alpha value is -3.35. The van der Waals surface area contributed by atoms with Crippen molar-refractivity contribution in [1.82, 2.24) is 15.1 Å². The number of carbonyl (C=O) groups excluding carboxylic acids is 3. The summed E-state index contributed by atoms with van der Waals surface area (Å²) in [4.78, 5) is 43.0. The van der Waals surface area contributed by atoms with Crippen LogP contribution in [0.2, 0.25) is 0 Å². The lowest BCUT2D eigenvalue weighted by Crippen LogP contribution is -2.54. The summed E-state index contributed by atoms with van der Waals surface area (Å²) in [7, 11) is 1.55. The zero-order valence-corrected chi connectivity index (χ0v) is 20.5. The summed E-state index contributed by atoms with van der Waals surface area (Å²) in [6.45, 7) is 8.09. The molecule has 3 amide bonds. The Morgan fingerprint density at radius 2 is 1.68 bits per heavy atom. The Kier molecular flexibility index (Phi) is 8.68. The molecule has 0 aromatic heterocycles. The first kappa shape index (κ1) is 25.3. The van der Waals surface area contributed by atoms with Crippen LogP contribution >= 0.6 is 0 Å². The first-order valence-corrected chi connectivity index (χ1v) is 12.0. The molecule has 1 saturated heterocycles. The third-order valence-corrected chi connectivity index (χ3v) is 6.52. The Bertz CT molecular complexity index is 1010. The number of hydrogen-bond donors (Lipinski definition) is 1. The lowest BCUT2D eigenvalue weighted by atomic mass is 9.87. The molecular formula is C27H35N3O4. The quantitative estimate of drug-likeness (QED) is 0.647. The van der Waals surface area contributed by atoms with Crippen molar-refractivity contribution in [3.8, 4) is 5.75 Å². The van der Waals surface area contributed by atoms with Crippen LogP contribution in [0.25, 0.3) is 0 Å². The van der Waals surface area contributed by atoms with Crippen molar-refractivity contribution >= 4 is 17.7 Å². The second-order valence-electron chi connectivity index (χ2n) is 8.69. The van der Waals surface area contributed by atoms with Crippen LogP contribution in [0.3, 0.4) is 0 Å². The Balaban J connectivity index is 1.74. The molecule has 7 nitrogen and oxygen atoms in total. The second-order valence-corrected chi connectivity index (χ2v) is 8.69. The largest absolute Gasteiger partial charge is 0.497 e. The van der Waals surface area contributed by atoms with Gasteiger partial charge in [0.25, 0.3) is 11.8 Å². The maximum atomic E-state index is 13.4. The minimum Gasteiger partial charge on any atom is -0.497 e. The average Bonchev–Trinajstić information content (AvgIpc) is 2.87. The minimum atomic E-state index is -0.644. The van der Waals surface area contributed by atoms with Crippen molar-refractivity contribution < 1.29 is 19.1 Å². The van der Waals surface area contributed by atoms with Gasteiger partial charge in [-0.3, -0.25) is 14.4 Å². The highest BCUT2D eigenvalue weighted by Crippen LogP contribution is 2.24. The van der Waals surface area contributed by atoms with Crippen LogP contribution in [0.5, 0.6) is 5.75 Å². The first-order chi connectivity index (χ1) is 16.4. The monoisotopic (exact) mass is 465 g/mol. The van der Waals surface area contributed by atoms with Gasteiger partial charge in [-0.1, -0.05) is 23.8 Å². The van der Waals surface area contributed by atoms with Gasteiger partial charge in [0.15, 0.2) is 0 Å². The normalized spacial score (nSPS) is 14.9. The molecule has 0 radical (unpaired) electrons. The van der Waals surface area contributed by atoms with Gasteiger partial charge in [-0.25, -0.2) is 0 Å². The molecule has 1 atom stereocenters. The van der Waals surface area contributed by atoms with Gasteiger partial charge in [0.05, 0.1) is 7.11 Å². The van der Waals surface area contributed by atoms with Gasteiger partial charge in [0.1, 0.15) is 11.8 Å². The molecule has 182 valence electrons. The highest BCUT2D eigenvalue weighted by molar-refractivity contribution is 5.98.